The largest absolute Gasteiger partial charge is 0.487 e. The van der Waals surface area contributed by atoms with Crippen molar-refractivity contribution in [2.45, 2.75) is 13.5 Å². The highest BCUT2D eigenvalue weighted by molar-refractivity contribution is 7.09. The highest BCUT2D eigenvalue weighted by Gasteiger charge is 2.11. The van der Waals surface area contributed by atoms with Crippen LogP contribution in [-0.2, 0) is 6.61 Å². The van der Waals surface area contributed by atoms with Gasteiger partial charge in [-0.05, 0) is 19.1 Å². The van der Waals surface area contributed by atoms with Gasteiger partial charge in [-0.15, -0.1) is 11.3 Å². The number of hydrogen-bond donors (Lipinski definition) is 1. The Balaban J connectivity index is 2.17. The molecule has 0 bridgehead atoms. The number of aromatic carboxylic acids is 1. The van der Waals surface area contributed by atoms with Gasteiger partial charge in [0.1, 0.15) is 17.9 Å². The number of carbonyl (C=O) groups is 1. The summed E-state index contributed by atoms with van der Waals surface area (Å²) in [6, 6.07) is 5.11. The van der Waals surface area contributed by atoms with Crippen molar-refractivity contribution in [1.29, 1.82) is 0 Å². The quantitative estimate of drug-likeness (QED) is 0.905. The van der Waals surface area contributed by atoms with Crippen molar-refractivity contribution in [3.05, 3.63) is 45.9 Å². The normalized spacial score (nSPS) is 10.2. The van der Waals surface area contributed by atoms with E-state index in [4.69, 9.17) is 9.84 Å². The summed E-state index contributed by atoms with van der Waals surface area (Å²) in [6.45, 7) is 2.19. The molecule has 0 aliphatic heterocycles. The molecule has 0 saturated heterocycles. The molecule has 0 aliphatic rings. The maximum absolute atomic E-state index is 11.0. The number of thiazole rings is 1. The second kappa shape index (κ2) is 4.97. The van der Waals surface area contributed by atoms with Crippen molar-refractivity contribution < 1.29 is 14.6 Å². The fourth-order valence-corrected chi connectivity index (χ4v) is 1.90. The maximum atomic E-state index is 11.0. The van der Waals surface area contributed by atoms with E-state index < -0.39 is 5.97 Å². The van der Waals surface area contributed by atoms with Crippen LogP contribution in [0, 0.1) is 6.92 Å². The lowest BCUT2D eigenvalue weighted by Gasteiger charge is -2.08. The van der Waals surface area contributed by atoms with Crippen molar-refractivity contribution in [1.82, 2.24) is 4.98 Å². The molecule has 2 rings (SSSR count). The SMILES string of the molecule is Cc1ccc(OCc2cncs2)c(C(=O)O)c1. The average molecular weight is 249 g/mol. The number of aromatic nitrogens is 1. The summed E-state index contributed by atoms with van der Waals surface area (Å²) >= 11 is 1.48. The first-order valence-corrected chi connectivity index (χ1v) is 5.89. The van der Waals surface area contributed by atoms with E-state index in [-0.39, 0.29) is 5.56 Å². The van der Waals surface area contributed by atoms with Gasteiger partial charge in [-0.25, -0.2) is 4.79 Å². The standard InChI is InChI=1S/C12H11NO3S/c1-8-2-3-11(10(4-8)12(14)15)16-6-9-5-13-7-17-9/h2-5,7H,6H2,1H3,(H,14,15). The van der Waals surface area contributed by atoms with Gasteiger partial charge in [0.25, 0.3) is 0 Å². The Morgan fingerprint density at radius 3 is 3.00 bits per heavy atom. The van der Waals surface area contributed by atoms with E-state index in [9.17, 15) is 4.79 Å². The molecule has 0 spiro atoms. The van der Waals surface area contributed by atoms with E-state index in [0.29, 0.717) is 12.4 Å². The fourth-order valence-electron chi connectivity index (χ4n) is 1.40. The van der Waals surface area contributed by atoms with Crippen molar-refractivity contribution in [2.24, 2.45) is 0 Å². The van der Waals surface area contributed by atoms with Crippen molar-refractivity contribution in [3.63, 3.8) is 0 Å². The highest BCUT2D eigenvalue weighted by atomic mass is 32.1. The van der Waals surface area contributed by atoms with Crippen LogP contribution in [-0.4, -0.2) is 16.1 Å². The second-order valence-corrected chi connectivity index (χ2v) is 4.53. The molecular formula is C12H11NO3S. The van der Waals surface area contributed by atoms with Gasteiger partial charge in [0, 0.05) is 6.20 Å². The van der Waals surface area contributed by atoms with Crippen LogP contribution in [0.2, 0.25) is 0 Å². The lowest BCUT2D eigenvalue weighted by molar-refractivity contribution is 0.0691. The van der Waals surface area contributed by atoms with E-state index in [0.717, 1.165) is 10.4 Å². The molecule has 0 radical (unpaired) electrons. The van der Waals surface area contributed by atoms with Crippen LogP contribution >= 0.6 is 11.3 Å². The van der Waals surface area contributed by atoms with Crippen LogP contribution in [0.15, 0.2) is 29.9 Å². The van der Waals surface area contributed by atoms with E-state index in [1.807, 2.05) is 13.0 Å². The molecule has 0 amide bonds. The summed E-state index contributed by atoms with van der Waals surface area (Å²) in [7, 11) is 0. The lowest BCUT2D eigenvalue weighted by Crippen LogP contribution is -2.03. The Hall–Kier alpha value is -1.88. The van der Waals surface area contributed by atoms with Crippen LogP contribution in [0.3, 0.4) is 0 Å². The van der Waals surface area contributed by atoms with Gasteiger partial charge in [0.2, 0.25) is 0 Å². The number of carboxylic acids is 1. The topological polar surface area (TPSA) is 59.4 Å². The zero-order valence-corrected chi connectivity index (χ0v) is 10.0. The molecule has 2 aromatic rings. The Bertz CT molecular complexity index is 523. The zero-order valence-electron chi connectivity index (χ0n) is 9.21. The number of rotatable bonds is 4. The van der Waals surface area contributed by atoms with Crippen molar-refractivity contribution >= 4 is 17.3 Å². The highest BCUT2D eigenvalue weighted by Crippen LogP contribution is 2.21. The molecule has 88 valence electrons. The molecule has 0 unspecified atom stereocenters. The molecule has 1 aromatic heterocycles. The molecule has 17 heavy (non-hydrogen) atoms. The van der Waals surface area contributed by atoms with Gasteiger partial charge in [0.15, 0.2) is 0 Å². The third kappa shape index (κ3) is 2.82. The van der Waals surface area contributed by atoms with Gasteiger partial charge in [-0.2, -0.15) is 0 Å². The predicted octanol–water partition coefficient (Wildman–Crippen LogP) is 2.73. The first-order chi connectivity index (χ1) is 8.16. The molecule has 0 aliphatic carbocycles. The number of nitrogens with zero attached hydrogens (tertiary/aromatic N) is 1. The number of benzene rings is 1. The van der Waals surface area contributed by atoms with Crippen molar-refractivity contribution in [3.8, 4) is 5.75 Å². The van der Waals surface area contributed by atoms with E-state index in [2.05, 4.69) is 4.98 Å². The summed E-state index contributed by atoms with van der Waals surface area (Å²) in [5.74, 6) is -0.593. The second-order valence-electron chi connectivity index (χ2n) is 3.56. The van der Waals surface area contributed by atoms with Gasteiger partial charge in [-0.3, -0.25) is 4.98 Å². The van der Waals surface area contributed by atoms with Gasteiger partial charge >= 0.3 is 5.97 Å². The van der Waals surface area contributed by atoms with E-state index in [1.54, 1.807) is 23.8 Å². The molecule has 0 fully saturated rings. The molecule has 0 saturated carbocycles. The summed E-state index contributed by atoms with van der Waals surface area (Å²) in [6.07, 6.45) is 1.71. The van der Waals surface area contributed by atoms with E-state index >= 15 is 0 Å². The van der Waals surface area contributed by atoms with E-state index in [1.165, 1.54) is 11.3 Å². The molecule has 1 N–H and O–H groups in total. The van der Waals surface area contributed by atoms with Crippen LogP contribution in [0.1, 0.15) is 20.8 Å². The predicted molar refractivity (Wildman–Crippen MR) is 64.6 cm³/mol. The van der Waals surface area contributed by atoms with Crippen LogP contribution < -0.4 is 4.74 Å². The maximum Gasteiger partial charge on any atom is 0.339 e. The molecular weight excluding hydrogens is 238 g/mol. The minimum absolute atomic E-state index is 0.189. The van der Waals surface area contributed by atoms with Crippen LogP contribution in [0.25, 0.3) is 0 Å². The van der Waals surface area contributed by atoms with Crippen molar-refractivity contribution in [2.75, 3.05) is 0 Å². The molecule has 5 heteroatoms. The minimum atomic E-state index is -0.979. The smallest absolute Gasteiger partial charge is 0.339 e. The monoisotopic (exact) mass is 249 g/mol. The summed E-state index contributed by atoms with van der Waals surface area (Å²) in [5.41, 5.74) is 2.80. The average Bonchev–Trinajstić information content (AvgIpc) is 2.80. The third-order valence-corrected chi connectivity index (χ3v) is 2.97. The van der Waals surface area contributed by atoms with Gasteiger partial charge < -0.3 is 9.84 Å². The van der Waals surface area contributed by atoms with Gasteiger partial charge in [0.05, 0.1) is 10.4 Å². The summed E-state index contributed by atoms with van der Waals surface area (Å²) < 4.78 is 5.49. The molecule has 4 nitrogen and oxygen atoms in total. The Kier molecular flexibility index (Phi) is 3.39. The molecule has 0 atom stereocenters. The minimum Gasteiger partial charge on any atom is -0.487 e. The zero-order chi connectivity index (χ0) is 12.3. The molecule has 1 heterocycles. The number of aryl methyl sites for hydroxylation is 1. The van der Waals surface area contributed by atoms with Crippen LogP contribution in [0.5, 0.6) is 5.75 Å². The Morgan fingerprint density at radius 1 is 1.53 bits per heavy atom. The Labute approximate surface area is 103 Å². The van der Waals surface area contributed by atoms with Crippen LogP contribution in [0.4, 0.5) is 0 Å². The number of ether oxygens (including phenoxy) is 1. The molecule has 1 aromatic carbocycles. The summed E-state index contributed by atoms with van der Waals surface area (Å²) in [4.78, 5) is 15.9. The number of hydrogen-bond acceptors (Lipinski definition) is 4. The fraction of sp³-hybridized carbons (Fsp3) is 0.167. The lowest BCUT2D eigenvalue weighted by atomic mass is 10.1. The van der Waals surface area contributed by atoms with Gasteiger partial charge in [-0.1, -0.05) is 11.6 Å². The first kappa shape index (κ1) is 11.6. The first-order valence-electron chi connectivity index (χ1n) is 5.01. The third-order valence-electron chi connectivity index (χ3n) is 2.22. The summed E-state index contributed by atoms with van der Waals surface area (Å²) in [5, 5.41) is 9.06. The number of carboxylic acid groups (broad SMARTS) is 1. The Morgan fingerprint density at radius 2 is 2.35 bits per heavy atom.